The Labute approximate surface area is 142 Å². The van der Waals surface area contributed by atoms with Crippen molar-refractivity contribution in [1.29, 1.82) is 0 Å². The maximum Gasteiger partial charge on any atom is 0.316 e. The van der Waals surface area contributed by atoms with Crippen molar-refractivity contribution in [1.82, 2.24) is 24.4 Å². The quantitative estimate of drug-likeness (QED) is 0.843. The van der Waals surface area contributed by atoms with Crippen LogP contribution in [0.5, 0.6) is 6.01 Å². The van der Waals surface area contributed by atoms with Crippen LogP contribution < -0.4 is 4.74 Å². The molecule has 1 saturated carbocycles. The van der Waals surface area contributed by atoms with Crippen LogP contribution >= 0.6 is 0 Å². The lowest BCUT2D eigenvalue weighted by Crippen LogP contribution is -2.36. The minimum absolute atomic E-state index is 0.421. The number of aryl methyl sites for hydroxylation is 1. The van der Waals surface area contributed by atoms with E-state index in [-0.39, 0.29) is 0 Å². The van der Waals surface area contributed by atoms with Crippen molar-refractivity contribution in [3.05, 3.63) is 36.2 Å². The zero-order chi connectivity index (χ0) is 16.4. The summed E-state index contributed by atoms with van der Waals surface area (Å²) in [5.74, 6) is 1.30. The largest absolute Gasteiger partial charge is 0.463 e. The van der Waals surface area contributed by atoms with Crippen LogP contribution in [0, 0.1) is 18.8 Å². The van der Waals surface area contributed by atoms with E-state index in [1.165, 1.54) is 31.5 Å². The van der Waals surface area contributed by atoms with Gasteiger partial charge in [-0.2, -0.15) is 0 Å². The summed E-state index contributed by atoms with van der Waals surface area (Å²) in [5.41, 5.74) is 2.24. The Balaban J connectivity index is 1.42. The first-order chi connectivity index (χ1) is 11.8. The highest BCUT2D eigenvalue weighted by Gasteiger charge is 2.26. The van der Waals surface area contributed by atoms with Crippen LogP contribution in [0.25, 0.3) is 0 Å². The number of rotatable bonds is 5. The van der Waals surface area contributed by atoms with Gasteiger partial charge in [-0.05, 0) is 31.7 Å². The second-order valence-electron chi connectivity index (χ2n) is 7.19. The van der Waals surface area contributed by atoms with E-state index in [1.807, 2.05) is 25.5 Å². The summed E-state index contributed by atoms with van der Waals surface area (Å²) in [6.45, 7) is 6.80. The maximum absolute atomic E-state index is 5.88. The number of nitrogens with zero attached hydrogens (tertiary/aromatic N) is 5. The number of fused-ring (bicyclic) bond motifs is 1. The van der Waals surface area contributed by atoms with Gasteiger partial charge in [0.05, 0.1) is 18.6 Å². The Morgan fingerprint density at radius 2 is 2.17 bits per heavy atom. The maximum atomic E-state index is 5.88. The summed E-state index contributed by atoms with van der Waals surface area (Å²) in [7, 11) is 0. The lowest BCUT2D eigenvalue weighted by atomic mass is 9.85. The first-order valence-electron chi connectivity index (χ1n) is 8.90. The average molecular weight is 327 g/mol. The van der Waals surface area contributed by atoms with Gasteiger partial charge in [0, 0.05) is 50.2 Å². The summed E-state index contributed by atoms with van der Waals surface area (Å²) >= 11 is 0. The molecule has 1 fully saturated rings. The Hall–Kier alpha value is -1.95. The average Bonchev–Trinajstić information content (AvgIpc) is 2.88. The summed E-state index contributed by atoms with van der Waals surface area (Å²) in [6.07, 6.45) is 9.86. The molecule has 128 valence electrons. The Morgan fingerprint density at radius 1 is 1.25 bits per heavy atom. The third kappa shape index (κ3) is 3.59. The van der Waals surface area contributed by atoms with Gasteiger partial charge in [0.25, 0.3) is 0 Å². The molecule has 6 nitrogen and oxygen atoms in total. The van der Waals surface area contributed by atoms with Crippen molar-refractivity contribution in [3.8, 4) is 6.01 Å². The predicted molar refractivity (Wildman–Crippen MR) is 90.6 cm³/mol. The number of imidazole rings is 1. The fourth-order valence-electron chi connectivity index (χ4n) is 3.61. The molecule has 0 N–H and O–H groups in total. The molecule has 0 saturated heterocycles. The molecule has 0 unspecified atom stereocenters. The zero-order valence-corrected chi connectivity index (χ0v) is 14.3. The predicted octanol–water partition coefficient (Wildman–Crippen LogP) is 2.29. The summed E-state index contributed by atoms with van der Waals surface area (Å²) in [6, 6.07) is 2.37. The van der Waals surface area contributed by atoms with Gasteiger partial charge in [-0.3, -0.25) is 4.90 Å². The Bertz CT molecular complexity index is 682. The minimum atomic E-state index is 0.421. The van der Waals surface area contributed by atoms with E-state index in [0.717, 1.165) is 31.2 Å². The molecule has 0 amide bonds. The zero-order valence-electron chi connectivity index (χ0n) is 14.3. The molecule has 6 heteroatoms. The van der Waals surface area contributed by atoms with E-state index in [4.69, 9.17) is 4.74 Å². The highest BCUT2D eigenvalue weighted by Crippen LogP contribution is 2.28. The second-order valence-corrected chi connectivity index (χ2v) is 7.19. The van der Waals surface area contributed by atoms with Crippen LogP contribution in [0.4, 0.5) is 0 Å². The van der Waals surface area contributed by atoms with E-state index >= 15 is 0 Å². The first kappa shape index (κ1) is 15.6. The fourth-order valence-corrected chi connectivity index (χ4v) is 3.61. The van der Waals surface area contributed by atoms with Gasteiger partial charge in [-0.25, -0.2) is 15.0 Å². The van der Waals surface area contributed by atoms with Gasteiger partial charge < -0.3 is 9.30 Å². The van der Waals surface area contributed by atoms with Gasteiger partial charge in [-0.15, -0.1) is 0 Å². The standard InChI is InChI=1S/C18H25N5O/c1-14-5-6-20-18(21-14)24-12-16-9-22(8-15-3-2-4-15)11-17-7-19-13-23(17)10-16/h5-7,13,15-16H,2-4,8-12H2,1H3/t16-/m1/s1. The van der Waals surface area contributed by atoms with E-state index < -0.39 is 0 Å². The molecular formula is C18H25N5O. The molecule has 1 aliphatic carbocycles. The van der Waals surface area contributed by atoms with Crippen LogP contribution in [0.3, 0.4) is 0 Å². The first-order valence-corrected chi connectivity index (χ1v) is 8.90. The molecule has 0 bridgehead atoms. The third-order valence-corrected chi connectivity index (χ3v) is 5.12. The molecule has 4 rings (SSSR count). The van der Waals surface area contributed by atoms with Crippen molar-refractivity contribution >= 4 is 0 Å². The van der Waals surface area contributed by atoms with Crippen LogP contribution in [0.15, 0.2) is 24.8 Å². The van der Waals surface area contributed by atoms with Gasteiger partial charge in [0.15, 0.2) is 0 Å². The van der Waals surface area contributed by atoms with Crippen LogP contribution in [-0.2, 0) is 13.1 Å². The third-order valence-electron chi connectivity index (χ3n) is 5.12. The molecule has 1 atom stereocenters. The van der Waals surface area contributed by atoms with E-state index in [9.17, 15) is 0 Å². The molecule has 24 heavy (non-hydrogen) atoms. The topological polar surface area (TPSA) is 56.1 Å². The molecule has 1 aliphatic heterocycles. The van der Waals surface area contributed by atoms with Gasteiger partial charge in [0.2, 0.25) is 0 Å². The fraction of sp³-hybridized carbons (Fsp3) is 0.611. The highest BCUT2D eigenvalue weighted by molar-refractivity contribution is 5.04. The van der Waals surface area contributed by atoms with E-state index in [1.54, 1.807) is 6.20 Å². The molecule has 3 heterocycles. The normalized spacial score (nSPS) is 21.8. The van der Waals surface area contributed by atoms with Crippen molar-refractivity contribution in [3.63, 3.8) is 0 Å². The van der Waals surface area contributed by atoms with Gasteiger partial charge >= 0.3 is 6.01 Å². The van der Waals surface area contributed by atoms with Crippen molar-refractivity contribution < 1.29 is 4.74 Å². The molecular weight excluding hydrogens is 302 g/mol. The lowest BCUT2D eigenvalue weighted by Gasteiger charge is -2.32. The number of hydrogen-bond acceptors (Lipinski definition) is 5. The Morgan fingerprint density at radius 3 is 2.96 bits per heavy atom. The van der Waals surface area contributed by atoms with Crippen LogP contribution in [0.2, 0.25) is 0 Å². The molecule has 0 aromatic carbocycles. The molecule has 0 spiro atoms. The molecule has 2 aliphatic rings. The summed E-state index contributed by atoms with van der Waals surface area (Å²) < 4.78 is 8.15. The van der Waals surface area contributed by atoms with E-state index in [2.05, 4.69) is 24.4 Å². The lowest BCUT2D eigenvalue weighted by molar-refractivity contribution is 0.130. The highest BCUT2D eigenvalue weighted by atomic mass is 16.5. The second kappa shape index (κ2) is 6.89. The Kier molecular flexibility index (Phi) is 4.47. The molecule has 2 aromatic heterocycles. The number of aromatic nitrogens is 4. The minimum Gasteiger partial charge on any atom is -0.463 e. The molecule has 0 radical (unpaired) electrons. The number of hydrogen-bond donors (Lipinski definition) is 0. The van der Waals surface area contributed by atoms with E-state index in [0.29, 0.717) is 18.5 Å². The van der Waals surface area contributed by atoms with Gasteiger partial charge in [-0.1, -0.05) is 6.42 Å². The monoisotopic (exact) mass is 327 g/mol. The van der Waals surface area contributed by atoms with Crippen molar-refractivity contribution in [2.75, 3.05) is 19.7 Å². The van der Waals surface area contributed by atoms with Crippen LogP contribution in [0.1, 0.15) is 30.7 Å². The summed E-state index contributed by atoms with van der Waals surface area (Å²) in [4.78, 5) is 15.5. The number of ether oxygens (including phenoxy) is 1. The van der Waals surface area contributed by atoms with Crippen molar-refractivity contribution in [2.24, 2.45) is 11.8 Å². The summed E-state index contributed by atoms with van der Waals surface area (Å²) in [5, 5.41) is 0. The SMILES string of the molecule is Cc1ccnc(OC[C@@H]2CN(CC3CCC3)Cc3cncn3C2)n1. The molecule has 2 aromatic rings. The van der Waals surface area contributed by atoms with Crippen LogP contribution in [-0.4, -0.2) is 44.1 Å². The smallest absolute Gasteiger partial charge is 0.316 e. The van der Waals surface area contributed by atoms with Crippen molar-refractivity contribution in [2.45, 2.75) is 39.3 Å². The van der Waals surface area contributed by atoms with Gasteiger partial charge in [0.1, 0.15) is 0 Å².